The van der Waals surface area contributed by atoms with Gasteiger partial charge in [0.05, 0.1) is 22.2 Å². The van der Waals surface area contributed by atoms with Crippen LogP contribution in [0.2, 0.25) is 0 Å². The molecule has 0 spiro atoms. The third-order valence-electron chi connectivity index (χ3n) is 4.21. The Bertz CT molecular complexity index is 441. The van der Waals surface area contributed by atoms with Crippen molar-refractivity contribution in [3.05, 3.63) is 22.6 Å². The van der Waals surface area contributed by atoms with E-state index in [0.29, 0.717) is 11.7 Å². The molecule has 0 bridgehead atoms. The smallest absolute Gasteiger partial charge is 0.148 e. The molecular weight excluding hydrogens is 294 g/mol. The van der Waals surface area contributed by atoms with E-state index in [0.717, 1.165) is 36.6 Å². The first-order valence-corrected chi connectivity index (χ1v) is 7.24. The van der Waals surface area contributed by atoms with Crippen LogP contribution < -0.4 is 0 Å². The van der Waals surface area contributed by atoms with Crippen molar-refractivity contribution in [1.29, 1.82) is 5.26 Å². The summed E-state index contributed by atoms with van der Waals surface area (Å²) in [5.74, 6) is 1.17. The standard InChI is InChI=1S/C14H18BrNO2/c1-2-10-3-6-14(9-16,7-4-10)13(17)12-11(15)5-8-18-12/h5,8,10,13,17H,2-4,6-7H2,1H3. The molecule has 0 radical (unpaired) electrons. The first kappa shape index (κ1) is 13.6. The normalized spacial score (nSPS) is 29.8. The molecule has 98 valence electrons. The highest BCUT2D eigenvalue weighted by Crippen LogP contribution is 2.49. The van der Waals surface area contributed by atoms with Gasteiger partial charge in [0.1, 0.15) is 11.9 Å². The quantitative estimate of drug-likeness (QED) is 0.910. The summed E-state index contributed by atoms with van der Waals surface area (Å²) in [6.07, 6.45) is 5.36. The minimum Gasteiger partial charge on any atom is -0.465 e. The summed E-state index contributed by atoms with van der Waals surface area (Å²) in [7, 11) is 0. The summed E-state index contributed by atoms with van der Waals surface area (Å²) in [6, 6.07) is 4.10. The molecule has 0 amide bonds. The molecule has 0 aliphatic heterocycles. The Morgan fingerprint density at radius 2 is 2.28 bits per heavy atom. The topological polar surface area (TPSA) is 57.2 Å². The first-order chi connectivity index (χ1) is 8.63. The molecule has 0 saturated heterocycles. The van der Waals surface area contributed by atoms with Crippen LogP contribution >= 0.6 is 15.9 Å². The molecule has 1 N–H and O–H groups in total. The zero-order valence-electron chi connectivity index (χ0n) is 10.5. The number of hydrogen-bond acceptors (Lipinski definition) is 3. The highest BCUT2D eigenvalue weighted by Gasteiger charge is 2.44. The van der Waals surface area contributed by atoms with Gasteiger partial charge in [-0.1, -0.05) is 13.3 Å². The fraction of sp³-hybridized carbons (Fsp3) is 0.643. The molecule has 1 aromatic heterocycles. The lowest BCUT2D eigenvalue weighted by Crippen LogP contribution is -2.32. The SMILES string of the molecule is CCC1CCC(C#N)(C(O)c2occc2Br)CC1. The molecular formula is C14H18BrNO2. The molecule has 1 atom stereocenters. The lowest BCUT2D eigenvalue weighted by atomic mass is 9.67. The maximum atomic E-state index is 10.5. The number of aliphatic hydroxyl groups excluding tert-OH is 1. The molecule has 1 heterocycles. The molecule has 1 saturated carbocycles. The van der Waals surface area contributed by atoms with Gasteiger partial charge in [-0.2, -0.15) is 5.26 Å². The van der Waals surface area contributed by atoms with E-state index in [4.69, 9.17) is 4.42 Å². The van der Waals surface area contributed by atoms with Crippen molar-refractivity contribution < 1.29 is 9.52 Å². The van der Waals surface area contributed by atoms with Crippen molar-refractivity contribution in [2.24, 2.45) is 11.3 Å². The van der Waals surface area contributed by atoms with Crippen LogP contribution in [0.3, 0.4) is 0 Å². The number of nitriles is 1. The lowest BCUT2D eigenvalue weighted by molar-refractivity contribution is 0.00899. The molecule has 1 aliphatic rings. The Kier molecular flexibility index (Phi) is 4.14. The van der Waals surface area contributed by atoms with Crippen molar-refractivity contribution in [1.82, 2.24) is 0 Å². The van der Waals surface area contributed by atoms with Gasteiger partial charge in [-0.15, -0.1) is 0 Å². The van der Waals surface area contributed by atoms with Crippen LogP contribution in [0.4, 0.5) is 0 Å². The summed E-state index contributed by atoms with van der Waals surface area (Å²) < 4.78 is 6.05. The highest BCUT2D eigenvalue weighted by molar-refractivity contribution is 9.10. The fourth-order valence-corrected chi connectivity index (χ4v) is 3.22. The zero-order chi connectivity index (χ0) is 13.2. The van der Waals surface area contributed by atoms with Gasteiger partial charge >= 0.3 is 0 Å². The third-order valence-corrected chi connectivity index (χ3v) is 4.87. The Labute approximate surface area is 116 Å². The van der Waals surface area contributed by atoms with Crippen LogP contribution in [-0.4, -0.2) is 5.11 Å². The van der Waals surface area contributed by atoms with Crippen molar-refractivity contribution >= 4 is 15.9 Å². The Hall–Kier alpha value is -0.790. The number of furan rings is 1. The van der Waals surface area contributed by atoms with E-state index < -0.39 is 11.5 Å². The maximum Gasteiger partial charge on any atom is 0.148 e. The minimum atomic E-state index is -0.843. The van der Waals surface area contributed by atoms with Crippen molar-refractivity contribution in [2.75, 3.05) is 0 Å². The average Bonchev–Trinajstić information content (AvgIpc) is 2.84. The fourth-order valence-electron chi connectivity index (χ4n) is 2.80. The van der Waals surface area contributed by atoms with Crippen molar-refractivity contribution in [2.45, 2.75) is 45.1 Å². The van der Waals surface area contributed by atoms with Gasteiger partial charge in [0, 0.05) is 0 Å². The monoisotopic (exact) mass is 311 g/mol. The highest BCUT2D eigenvalue weighted by atomic mass is 79.9. The van der Waals surface area contributed by atoms with E-state index in [9.17, 15) is 10.4 Å². The Morgan fingerprint density at radius 3 is 2.72 bits per heavy atom. The summed E-state index contributed by atoms with van der Waals surface area (Å²) in [5, 5.41) is 20.0. The number of nitrogens with zero attached hydrogens (tertiary/aromatic N) is 1. The average molecular weight is 312 g/mol. The van der Waals surface area contributed by atoms with Crippen LogP contribution in [0.25, 0.3) is 0 Å². The number of aliphatic hydroxyl groups is 1. The molecule has 3 nitrogen and oxygen atoms in total. The van der Waals surface area contributed by atoms with E-state index in [2.05, 4.69) is 28.9 Å². The Balaban J connectivity index is 2.19. The Morgan fingerprint density at radius 1 is 1.61 bits per heavy atom. The summed E-state index contributed by atoms with van der Waals surface area (Å²) in [4.78, 5) is 0. The van der Waals surface area contributed by atoms with E-state index in [1.54, 1.807) is 6.07 Å². The summed E-state index contributed by atoms with van der Waals surface area (Å²) in [5.41, 5.74) is -0.688. The van der Waals surface area contributed by atoms with E-state index in [1.807, 2.05) is 0 Å². The molecule has 0 aromatic carbocycles. The second-order valence-electron chi connectivity index (χ2n) is 5.15. The van der Waals surface area contributed by atoms with Gasteiger partial charge < -0.3 is 9.52 Å². The lowest BCUT2D eigenvalue weighted by Gasteiger charge is -2.37. The molecule has 1 aliphatic carbocycles. The predicted molar refractivity (Wildman–Crippen MR) is 71.7 cm³/mol. The molecule has 1 unspecified atom stereocenters. The first-order valence-electron chi connectivity index (χ1n) is 6.45. The maximum absolute atomic E-state index is 10.5. The van der Waals surface area contributed by atoms with E-state index in [-0.39, 0.29) is 0 Å². The largest absolute Gasteiger partial charge is 0.465 e. The second-order valence-corrected chi connectivity index (χ2v) is 6.01. The van der Waals surface area contributed by atoms with E-state index >= 15 is 0 Å². The number of rotatable bonds is 3. The zero-order valence-corrected chi connectivity index (χ0v) is 12.1. The summed E-state index contributed by atoms with van der Waals surface area (Å²) in [6.45, 7) is 2.18. The van der Waals surface area contributed by atoms with E-state index in [1.165, 1.54) is 6.26 Å². The van der Waals surface area contributed by atoms with Crippen LogP contribution in [0.15, 0.2) is 21.2 Å². The van der Waals surface area contributed by atoms with Gasteiger partial charge in [-0.05, 0) is 53.6 Å². The van der Waals surface area contributed by atoms with Crippen molar-refractivity contribution in [3.8, 4) is 6.07 Å². The van der Waals surface area contributed by atoms with Crippen LogP contribution in [-0.2, 0) is 0 Å². The van der Waals surface area contributed by atoms with Gasteiger partial charge in [-0.3, -0.25) is 0 Å². The number of halogens is 1. The number of hydrogen-bond donors (Lipinski definition) is 1. The molecule has 2 rings (SSSR count). The van der Waals surface area contributed by atoms with Gasteiger partial charge in [-0.25, -0.2) is 0 Å². The van der Waals surface area contributed by atoms with Crippen LogP contribution in [0, 0.1) is 22.7 Å². The second kappa shape index (κ2) is 5.46. The minimum absolute atomic E-state index is 0.478. The molecule has 18 heavy (non-hydrogen) atoms. The van der Waals surface area contributed by atoms with Crippen LogP contribution in [0.1, 0.15) is 50.9 Å². The predicted octanol–water partition coefficient (Wildman–Crippen LogP) is 4.19. The third kappa shape index (κ3) is 2.34. The van der Waals surface area contributed by atoms with Crippen molar-refractivity contribution in [3.63, 3.8) is 0 Å². The van der Waals surface area contributed by atoms with Crippen LogP contribution in [0.5, 0.6) is 0 Å². The summed E-state index contributed by atoms with van der Waals surface area (Å²) >= 11 is 3.35. The van der Waals surface area contributed by atoms with Gasteiger partial charge in [0.15, 0.2) is 0 Å². The van der Waals surface area contributed by atoms with Gasteiger partial charge in [0.25, 0.3) is 0 Å². The molecule has 4 heteroatoms. The molecule has 1 fully saturated rings. The van der Waals surface area contributed by atoms with Gasteiger partial charge in [0.2, 0.25) is 0 Å². The molecule has 1 aromatic rings.